The maximum absolute atomic E-state index is 12.8. The fraction of sp³-hybridized carbons (Fsp3) is 0.400. The van der Waals surface area contributed by atoms with Gasteiger partial charge < -0.3 is 0 Å². The normalized spacial score (nSPS) is 12.4. The molecule has 18 heavy (non-hydrogen) atoms. The van der Waals surface area contributed by atoms with Crippen LogP contribution in [0.4, 0.5) is 10.1 Å². The van der Waals surface area contributed by atoms with Crippen LogP contribution in [0.5, 0.6) is 0 Å². The van der Waals surface area contributed by atoms with Crippen LogP contribution in [0.15, 0.2) is 24.3 Å². The SMILES string of the molecule is CCS(=O)(=O)N(c1ccc(F)cc1)S(=O)(=O)CC. The van der Waals surface area contributed by atoms with E-state index in [1.165, 1.54) is 13.8 Å². The van der Waals surface area contributed by atoms with Gasteiger partial charge in [-0.3, -0.25) is 0 Å². The van der Waals surface area contributed by atoms with Crippen LogP contribution in [0.1, 0.15) is 13.8 Å². The summed E-state index contributed by atoms with van der Waals surface area (Å²) in [6.07, 6.45) is 0. The van der Waals surface area contributed by atoms with Gasteiger partial charge in [-0.05, 0) is 38.1 Å². The fourth-order valence-electron chi connectivity index (χ4n) is 1.29. The van der Waals surface area contributed by atoms with Crippen molar-refractivity contribution in [3.8, 4) is 0 Å². The molecule has 5 nitrogen and oxygen atoms in total. The van der Waals surface area contributed by atoms with E-state index in [-0.39, 0.29) is 17.2 Å². The van der Waals surface area contributed by atoms with Crippen LogP contribution in [0.2, 0.25) is 0 Å². The topological polar surface area (TPSA) is 71.5 Å². The molecule has 0 aromatic heterocycles. The quantitative estimate of drug-likeness (QED) is 0.821. The standard InChI is InChI=1S/C10H14FNO4S2/c1-3-17(13,14)12(18(15,16)4-2)10-7-5-9(11)6-8-10/h5-8H,3-4H2,1-2H3. The van der Waals surface area contributed by atoms with Gasteiger partial charge in [0.1, 0.15) is 5.82 Å². The predicted molar refractivity (Wildman–Crippen MR) is 67.8 cm³/mol. The van der Waals surface area contributed by atoms with Gasteiger partial charge in [0.25, 0.3) is 0 Å². The average Bonchev–Trinajstić information content (AvgIpc) is 2.31. The van der Waals surface area contributed by atoms with Gasteiger partial charge >= 0.3 is 0 Å². The van der Waals surface area contributed by atoms with Crippen LogP contribution in [0.25, 0.3) is 0 Å². The highest BCUT2D eigenvalue weighted by atomic mass is 32.3. The van der Waals surface area contributed by atoms with Crippen LogP contribution in [-0.4, -0.2) is 28.3 Å². The molecule has 1 rings (SSSR count). The van der Waals surface area contributed by atoms with Crippen molar-refractivity contribution in [1.29, 1.82) is 0 Å². The summed E-state index contributed by atoms with van der Waals surface area (Å²) < 4.78 is 60.5. The van der Waals surface area contributed by atoms with Crippen molar-refractivity contribution in [2.75, 3.05) is 15.2 Å². The molecule has 0 N–H and O–H groups in total. The zero-order valence-corrected chi connectivity index (χ0v) is 11.6. The third-order valence-electron chi connectivity index (χ3n) is 2.27. The summed E-state index contributed by atoms with van der Waals surface area (Å²) >= 11 is 0. The van der Waals surface area contributed by atoms with Crippen molar-refractivity contribution in [2.45, 2.75) is 13.8 Å². The van der Waals surface area contributed by atoms with Crippen LogP contribution in [-0.2, 0) is 20.0 Å². The number of benzene rings is 1. The number of nitrogens with zero attached hydrogens (tertiary/aromatic N) is 1. The third kappa shape index (κ3) is 2.99. The molecule has 0 radical (unpaired) electrons. The van der Waals surface area contributed by atoms with Gasteiger partial charge in [0.15, 0.2) is 0 Å². The lowest BCUT2D eigenvalue weighted by atomic mass is 10.3. The molecular weight excluding hydrogens is 281 g/mol. The Balaban J connectivity index is 3.45. The molecule has 0 aliphatic rings. The first-order valence-electron chi connectivity index (χ1n) is 5.26. The molecule has 0 amide bonds. The summed E-state index contributed by atoms with van der Waals surface area (Å²) in [5, 5.41) is 0. The second-order valence-corrected chi connectivity index (χ2v) is 7.92. The number of anilines is 1. The molecule has 0 saturated carbocycles. The molecule has 1 aromatic carbocycles. The molecular formula is C10H14FNO4S2. The minimum absolute atomic E-state index is 0.0832. The lowest BCUT2D eigenvalue weighted by Gasteiger charge is -2.22. The third-order valence-corrected chi connectivity index (χ3v) is 6.53. The lowest BCUT2D eigenvalue weighted by molar-refractivity contribution is 0.585. The number of halogens is 1. The summed E-state index contributed by atoms with van der Waals surface area (Å²) in [5.41, 5.74) is -0.0832. The maximum Gasteiger partial charge on any atom is 0.247 e. The van der Waals surface area contributed by atoms with E-state index in [2.05, 4.69) is 0 Å². The van der Waals surface area contributed by atoms with Gasteiger partial charge in [-0.1, -0.05) is 0 Å². The monoisotopic (exact) mass is 295 g/mol. The predicted octanol–water partition coefficient (Wildman–Crippen LogP) is 1.33. The summed E-state index contributed by atoms with van der Waals surface area (Å²) in [4.78, 5) is 0. The summed E-state index contributed by atoms with van der Waals surface area (Å²) in [6.45, 7) is 2.69. The smallest absolute Gasteiger partial charge is 0.207 e. The minimum Gasteiger partial charge on any atom is -0.207 e. The van der Waals surface area contributed by atoms with Crippen molar-refractivity contribution in [1.82, 2.24) is 0 Å². The zero-order valence-electron chi connectivity index (χ0n) is 10.00. The van der Waals surface area contributed by atoms with E-state index in [9.17, 15) is 21.2 Å². The summed E-state index contributed by atoms with van der Waals surface area (Å²) in [6, 6.07) is 4.27. The molecule has 8 heteroatoms. The Morgan fingerprint density at radius 2 is 1.33 bits per heavy atom. The average molecular weight is 295 g/mol. The molecule has 0 unspecified atom stereocenters. The van der Waals surface area contributed by atoms with Crippen molar-refractivity contribution < 1.29 is 21.2 Å². The Labute approximate surface area is 106 Å². The van der Waals surface area contributed by atoms with E-state index in [1.807, 2.05) is 0 Å². The Morgan fingerprint density at radius 1 is 0.944 bits per heavy atom. The number of hydrogen-bond acceptors (Lipinski definition) is 4. The van der Waals surface area contributed by atoms with Gasteiger partial charge in [0, 0.05) is 0 Å². The minimum atomic E-state index is -3.97. The van der Waals surface area contributed by atoms with E-state index in [1.54, 1.807) is 0 Å². The number of rotatable bonds is 5. The van der Waals surface area contributed by atoms with Gasteiger partial charge in [-0.15, -0.1) is 0 Å². The molecule has 102 valence electrons. The molecule has 0 heterocycles. The second kappa shape index (κ2) is 5.23. The van der Waals surface area contributed by atoms with Crippen LogP contribution in [0.3, 0.4) is 0 Å². The summed E-state index contributed by atoms with van der Waals surface area (Å²) in [7, 11) is -7.95. The van der Waals surface area contributed by atoms with Crippen LogP contribution >= 0.6 is 0 Å². The second-order valence-electron chi connectivity index (χ2n) is 3.47. The molecule has 0 fully saturated rings. The van der Waals surface area contributed by atoms with Crippen molar-refractivity contribution in [2.24, 2.45) is 0 Å². The first kappa shape index (κ1) is 14.9. The number of sulfonamides is 2. The van der Waals surface area contributed by atoms with Crippen molar-refractivity contribution in [3.63, 3.8) is 0 Å². The van der Waals surface area contributed by atoms with E-state index < -0.39 is 25.9 Å². The van der Waals surface area contributed by atoms with Gasteiger partial charge in [-0.2, -0.15) is 3.71 Å². The highest BCUT2D eigenvalue weighted by Gasteiger charge is 2.31. The van der Waals surface area contributed by atoms with Crippen molar-refractivity contribution in [3.05, 3.63) is 30.1 Å². The lowest BCUT2D eigenvalue weighted by Crippen LogP contribution is -2.39. The first-order valence-corrected chi connectivity index (χ1v) is 8.48. The Hall–Kier alpha value is -1.15. The van der Waals surface area contributed by atoms with Gasteiger partial charge in [-0.25, -0.2) is 21.2 Å². The largest absolute Gasteiger partial charge is 0.247 e. The summed E-state index contributed by atoms with van der Waals surface area (Å²) in [5.74, 6) is -1.28. The maximum atomic E-state index is 12.8. The molecule has 0 saturated heterocycles. The molecule has 0 spiro atoms. The van der Waals surface area contributed by atoms with Crippen molar-refractivity contribution >= 4 is 25.7 Å². The number of hydrogen-bond donors (Lipinski definition) is 0. The van der Waals surface area contributed by atoms with E-state index in [0.29, 0.717) is 3.71 Å². The van der Waals surface area contributed by atoms with E-state index >= 15 is 0 Å². The molecule has 1 aromatic rings. The fourth-order valence-corrected chi connectivity index (χ4v) is 4.66. The van der Waals surface area contributed by atoms with E-state index in [4.69, 9.17) is 0 Å². The zero-order chi connectivity index (χ0) is 14.0. The molecule has 0 aliphatic heterocycles. The van der Waals surface area contributed by atoms with Gasteiger partial charge in [0.2, 0.25) is 20.0 Å². The Morgan fingerprint density at radius 3 is 1.67 bits per heavy atom. The highest BCUT2D eigenvalue weighted by Crippen LogP contribution is 2.23. The Bertz CT molecular complexity index is 574. The molecule has 0 bridgehead atoms. The first-order chi connectivity index (χ1) is 8.24. The van der Waals surface area contributed by atoms with E-state index in [0.717, 1.165) is 24.3 Å². The molecule has 0 aliphatic carbocycles. The van der Waals surface area contributed by atoms with Crippen LogP contribution in [0, 0.1) is 5.82 Å². The Kier molecular flexibility index (Phi) is 4.33. The van der Waals surface area contributed by atoms with Gasteiger partial charge in [0.05, 0.1) is 17.2 Å². The highest BCUT2D eigenvalue weighted by molar-refractivity contribution is 8.10. The molecule has 0 atom stereocenters. The van der Waals surface area contributed by atoms with Crippen LogP contribution < -0.4 is 3.71 Å².